The molecular formula is C23H24N4O4. The lowest BCUT2D eigenvalue weighted by Crippen LogP contribution is -2.46. The Labute approximate surface area is 179 Å². The minimum absolute atomic E-state index is 0.0309. The fourth-order valence-corrected chi connectivity index (χ4v) is 3.87. The third-order valence-electron chi connectivity index (χ3n) is 5.84. The highest BCUT2D eigenvalue weighted by molar-refractivity contribution is 5.80. The van der Waals surface area contributed by atoms with Crippen LogP contribution < -0.4 is 10.9 Å². The number of nitrogens with zero attached hydrogens (tertiary/aromatic N) is 3. The zero-order valence-electron chi connectivity index (χ0n) is 17.1. The Morgan fingerprint density at radius 2 is 1.81 bits per heavy atom. The minimum atomic E-state index is -0.571. The van der Waals surface area contributed by atoms with Gasteiger partial charge in [-0.25, -0.2) is 4.68 Å². The van der Waals surface area contributed by atoms with Crippen molar-refractivity contribution in [1.29, 1.82) is 0 Å². The molecule has 1 heterocycles. The lowest BCUT2D eigenvalue weighted by Gasteiger charge is -2.42. The predicted octanol–water partition coefficient (Wildman–Crippen LogP) is 1.96. The molecule has 3 aromatic rings. The number of aryl methyl sites for hydroxylation is 1. The van der Waals surface area contributed by atoms with E-state index < -0.39 is 5.97 Å². The van der Waals surface area contributed by atoms with Crippen LogP contribution in [0.1, 0.15) is 31.2 Å². The molecule has 160 valence electrons. The molecule has 0 bridgehead atoms. The van der Waals surface area contributed by atoms with Crippen molar-refractivity contribution in [3.05, 3.63) is 70.5 Å². The Balaban J connectivity index is 1.24. The van der Waals surface area contributed by atoms with Gasteiger partial charge in [0.25, 0.3) is 11.5 Å². The first-order valence-electron chi connectivity index (χ1n) is 10.4. The summed E-state index contributed by atoms with van der Waals surface area (Å²) in [6.45, 7) is 0.214. The first-order valence-corrected chi connectivity index (χ1v) is 10.4. The van der Waals surface area contributed by atoms with E-state index in [0.717, 1.165) is 23.9 Å². The van der Waals surface area contributed by atoms with Gasteiger partial charge in [0, 0.05) is 12.0 Å². The van der Waals surface area contributed by atoms with E-state index >= 15 is 0 Å². The predicted molar refractivity (Wildman–Crippen MR) is 114 cm³/mol. The number of carbonyl (C=O) groups is 2. The van der Waals surface area contributed by atoms with Crippen molar-refractivity contribution in [1.82, 2.24) is 20.3 Å². The number of hydrogen-bond acceptors (Lipinski definition) is 6. The van der Waals surface area contributed by atoms with Crippen LogP contribution in [0, 0.1) is 0 Å². The molecule has 0 spiro atoms. The maximum absolute atomic E-state index is 12.4. The molecule has 1 aromatic heterocycles. The quantitative estimate of drug-likeness (QED) is 0.559. The average Bonchev–Trinajstić information content (AvgIpc) is 2.77. The van der Waals surface area contributed by atoms with Crippen LogP contribution in [0.2, 0.25) is 0 Å². The number of fused-ring (bicyclic) bond motifs is 1. The van der Waals surface area contributed by atoms with Crippen molar-refractivity contribution in [2.24, 2.45) is 0 Å². The van der Waals surface area contributed by atoms with Crippen LogP contribution in [0.5, 0.6) is 0 Å². The summed E-state index contributed by atoms with van der Waals surface area (Å²) in [5.41, 5.74) is 1.38. The van der Waals surface area contributed by atoms with E-state index in [1.807, 2.05) is 18.2 Å². The molecule has 2 aromatic carbocycles. The average molecular weight is 420 g/mol. The van der Waals surface area contributed by atoms with E-state index in [0.29, 0.717) is 17.4 Å². The fourth-order valence-electron chi connectivity index (χ4n) is 3.87. The molecule has 8 heteroatoms. The number of carbonyl (C=O) groups excluding carboxylic acids is 2. The lowest BCUT2D eigenvalue weighted by atomic mass is 9.64. The first kappa shape index (κ1) is 20.7. The van der Waals surface area contributed by atoms with Crippen LogP contribution in [0.3, 0.4) is 0 Å². The molecule has 0 atom stereocenters. The summed E-state index contributed by atoms with van der Waals surface area (Å²) in [6.07, 6.45) is 3.11. The molecule has 0 radical (unpaired) electrons. The van der Waals surface area contributed by atoms with E-state index in [4.69, 9.17) is 4.74 Å². The van der Waals surface area contributed by atoms with Crippen LogP contribution in [-0.4, -0.2) is 40.0 Å². The van der Waals surface area contributed by atoms with Crippen molar-refractivity contribution >= 4 is 22.8 Å². The minimum Gasteiger partial charge on any atom is -0.456 e. The molecule has 31 heavy (non-hydrogen) atoms. The number of amides is 1. The Morgan fingerprint density at radius 1 is 1.06 bits per heavy atom. The number of rotatable bonds is 8. The highest BCUT2D eigenvalue weighted by Crippen LogP contribution is 2.43. The number of esters is 1. The van der Waals surface area contributed by atoms with E-state index in [9.17, 15) is 14.4 Å². The summed E-state index contributed by atoms with van der Waals surface area (Å²) >= 11 is 0. The number of benzene rings is 2. The Hall–Kier alpha value is -3.55. The maximum atomic E-state index is 12.4. The second kappa shape index (κ2) is 9.07. The highest BCUT2D eigenvalue weighted by atomic mass is 16.5. The summed E-state index contributed by atoms with van der Waals surface area (Å²) in [5.74, 6) is -0.906. The van der Waals surface area contributed by atoms with E-state index in [2.05, 4.69) is 27.8 Å². The Morgan fingerprint density at radius 3 is 2.55 bits per heavy atom. The topological polar surface area (TPSA) is 103 Å². The second-order valence-electron chi connectivity index (χ2n) is 7.82. The van der Waals surface area contributed by atoms with Gasteiger partial charge in [-0.15, -0.1) is 5.10 Å². The molecule has 0 unspecified atom stereocenters. The Kier molecular flexibility index (Phi) is 6.06. The van der Waals surface area contributed by atoms with E-state index in [1.165, 1.54) is 5.56 Å². The second-order valence-corrected chi connectivity index (χ2v) is 7.82. The van der Waals surface area contributed by atoms with Crippen molar-refractivity contribution < 1.29 is 14.3 Å². The van der Waals surface area contributed by atoms with Gasteiger partial charge in [0.15, 0.2) is 6.61 Å². The van der Waals surface area contributed by atoms with Gasteiger partial charge < -0.3 is 10.1 Å². The third kappa shape index (κ3) is 4.63. The maximum Gasteiger partial charge on any atom is 0.308 e. The molecular weight excluding hydrogens is 396 g/mol. The van der Waals surface area contributed by atoms with Gasteiger partial charge in [-0.05, 0) is 30.5 Å². The molecule has 0 saturated heterocycles. The summed E-state index contributed by atoms with van der Waals surface area (Å²) in [5, 5.41) is 11.1. The monoisotopic (exact) mass is 420 g/mol. The van der Waals surface area contributed by atoms with Gasteiger partial charge in [0.2, 0.25) is 0 Å². The van der Waals surface area contributed by atoms with Crippen molar-refractivity contribution in [3.63, 3.8) is 0 Å². The zero-order valence-corrected chi connectivity index (χ0v) is 17.1. The number of ether oxygens (including phenoxy) is 1. The fraction of sp³-hybridized carbons (Fsp3) is 0.348. The standard InChI is InChI=1S/C23H24N4O4/c28-20(24-16-23(12-6-13-23)17-7-2-1-3-8-17)15-31-21(29)11-14-27-22(30)18-9-4-5-10-19(18)25-26-27/h1-5,7-10H,6,11-16H2,(H,24,28). The molecule has 8 nitrogen and oxygen atoms in total. The number of aromatic nitrogens is 3. The smallest absolute Gasteiger partial charge is 0.308 e. The van der Waals surface area contributed by atoms with E-state index in [-0.39, 0.29) is 36.5 Å². The summed E-state index contributed by atoms with van der Waals surface area (Å²) in [7, 11) is 0. The van der Waals surface area contributed by atoms with Crippen molar-refractivity contribution in [2.45, 2.75) is 37.6 Å². The zero-order chi connectivity index (χ0) is 21.7. The summed E-state index contributed by atoms with van der Waals surface area (Å²) < 4.78 is 6.19. The first-order chi connectivity index (χ1) is 15.1. The highest BCUT2D eigenvalue weighted by Gasteiger charge is 2.38. The van der Waals surface area contributed by atoms with Gasteiger partial charge in [0.05, 0.1) is 18.4 Å². The number of hydrogen-bond donors (Lipinski definition) is 1. The molecule has 4 rings (SSSR count). The van der Waals surface area contributed by atoms with Crippen LogP contribution in [0.4, 0.5) is 0 Å². The summed E-state index contributed by atoms with van der Waals surface area (Å²) in [4.78, 5) is 36.6. The summed E-state index contributed by atoms with van der Waals surface area (Å²) in [6, 6.07) is 17.0. The normalized spacial score (nSPS) is 14.6. The van der Waals surface area contributed by atoms with Crippen molar-refractivity contribution in [3.8, 4) is 0 Å². The largest absolute Gasteiger partial charge is 0.456 e. The van der Waals surface area contributed by atoms with Gasteiger partial charge in [-0.2, -0.15) is 0 Å². The van der Waals surface area contributed by atoms with Crippen LogP contribution in [0.15, 0.2) is 59.4 Å². The Bertz CT molecular complexity index is 1140. The lowest BCUT2D eigenvalue weighted by molar-refractivity contribution is -0.148. The molecule has 1 N–H and O–H groups in total. The van der Waals surface area contributed by atoms with Crippen molar-refractivity contribution in [2.75, 3.05) is 13.2 Å². The molecule has 1 aliphatic rings. The van der Waals surface area contributed by atoms with Gasteiger partial charge in [-0.1, -0.05) is 54.1 Å². The van der Waals surface area contributed by atoms with Crippen LogP contribution >= 0.6 is 0 Å². The molecule has 1 amide bonds. The SMILES string of the molecule is O=C(COC(=O)CCn1nnc2ccccc2c1=O)NCC1(c2ccccc2)CCC1. The molecule has 1 aliphatic carbocycles. The van der Waals surface area contributed by atoms with Gasteiger partial charge in [-0.3, -0.25) is 14.4 Å². The molecule has 1 saturated carbocycles. The van der Waals surface area contributed by atoms with Crippen LogP contribution in [0.25, 0.3) is 10.9 Å². The van der Waals surface area contributed by atoms with Gasteiger partial charge >= 0.3 is 5.97 Å². The third-order valence-corrected chi connectivity index (χ3v) is 5.84. The van der Waals surface area contributed by atoms with Gasteiger partial charge in [0.1, 0.15) is 5.52 Å². The van der Waals surface area contributed by atoms with Crippen LogP contribution in [-0.2, 0) is 26.3 Å². The molecule has 0 aliphatic heterocycles. The van der Waals surface area contributed by atoms with E-state index in [1.54, 1.807) is 24.3 Å². The number of nitrogens with one attached hydrogen (secondary N) is 1. The molecule has 1 fully saturated rings.